The molecule has 0 spiro atoms. The van der Waals surface area contributed by atoms with Gasteiger partial charge >= 0.3 is 0 Å². The van der Waals surface area contributed by atoms with Gasteiger partial charge in [0.25, 0.3) is 0 Å². The topological polar surface area (TPSA) is 26.3 Å². The van der Waals surface area contributed by atoms with Crippen molar-refractivity contribution >= 4 is 27.4 Å². The minimum absolute atomic E-state index is 0. The quantitative estimate of drug-likeness (QED) is 0.273. The first kappa shape index (κ1) is 21.6. The van der Waals surface area contributed by atoms with Gasteiger partial charge in [-0.05, 0) is 18.8 Å². The monoisotopic (exact) mass is 308 g/mol. The van der Waals surface area contributed by atoms with Crippen LogP contribution < -0.4 is 0 Å². The van der Waals surface area contributed by atoms with Gasteiger partial charge in [-0.25, -0.2) is 0 Å². The molecule has 0 aliphatic heterocycles. The minimum Gasteiger partial charge on any atom is -0.370 e. The Bertz CT molecular complexity index is 206. The Kier molecular flexibility index (Phi) is 16.8. The van der Waals surface area contributed by atoms with Gasteiger partial charge < -0.3 is 4.74 Å². The van der Waals surface area contributed by atoms with Crippen LogP contribution >= 0.6 is 21.6 Å². The van der Waals surface area contributed by atoms with Gasteiger partial charge in [0, 0.05) is 24.7 Å². The van der Waals surface area contributed by atoms with E-state index in [-0.39, 0.29) is 13.3 Å². The molecule has 0 unspecified atom stereocenters. The Labute approximate surface area is 128 Å². The van der Waals surface area contributed by atoms with E-state index in [9.17, 15) is 4.79 Å². The highest BCUT2D eigenvalue weighted by Gasteiger charge is 2.05. The molecule has 0 aliphatic rings. The smallest absolute Gasteiger partial charge is 0.135 e. The van der Waals surface area contributed by atoms with Gasteiger partial charge in [-0.3, -0.25) is 4.79 Å². The van der Waals surface area contributed by atoms with E-state index in [2.05, 4.69) is 13.8 Å². The van der Waals surface area contributed by atoms with Crippen LogP contribution in [-0.2, 0) is 9.53 Å². The van der Waals surface area contributed by atoms with Gasteiger partial charge in [-0.1, -0.05) is 63.1 Å². The lowest BCUT2D eigenvalue weighted by Gasteiger charge is -2.06. The number of carbonyl (C=O) groups excluding carboxylic acids is 1. The van der Waals surface area contributed by atoms with Crippen LogP contribution in [0.3, 0.4) is 0 Å². The maximum Gasteiger partial charge on any atom is 0.135 e. The second-order valence-corrected chi connectivity index (χ2v) is 7.76. The first-order valence-electron chi connectivity index (χ1n) is 6.89. The molecule has 0 aliphatic carbocycles. The van der Waals surface area contributed by atoms with Crippen LogP contribution in [0.25, 0.3) is 0 Å². The molecule has 0 atom stereocenters. The minimum atomic E-state index is 0. The zero-order valence-electron chi connectivity index (χ0n) is 12.2. The Hall–Kier alpha value is 0.330. The second-order valence-electron chi connectivity index (χ2n) is 5.23. The summed E-state index contributed by atoms with van der Waals surface area (Å²) in [6, 6.07) is 0. The van der Waals surface area contributed by atoms with Gasteiger partial charge in [-0.15, -0.1) is 0 Å². The van der Waals surface area contributed by atoms with Gasteiger partial charge in [0.05, 0.1) is 0 Å². The lowest BCUT2D eigenvalue weighted by molar-refractivity contribution is -0.122. The van der Waals surface area contributed by atoms with E-state index in [0.717, 1.165) is 18.3 Å². The molecule has 19 heavy (non-hydrogen) atoms. The van der Waals surface area contributed by atoms with Crippen molar-refractivity contribution in [1.29, 1.82) is 0 Å². The molecule has 0 bridgehead atoms. The zero-order valence-corrected chi connectivity index (χ0v) is 13.9. The number of carbonyl (C=O) groups is 1. The van der Waals surface area contributed by atoms with Crippen LogP contribution in [0.1, 0.15) is 60.8 Å². The van der Waals surface area contributed by atoms with Gasteiger partial charge in [0.15, 0.2) is 0 Å². The van der Waals surface area contributed by atoms with Crippen molar-refractivity contribution in [2.24, 2.45) is 11.8 Å². The molecule has 4 heteroatoms. The molecule has 0 amide bonds. The first-order valence-corrected chi connectivity index (χ1v) is 9.37. The molecular weight excluding hydrogens is 276 g/mol. The van der Waals surface area contributed by atoms with Gasteiger partial charge in [0.1, 0.15) is 11.7 Å². The normalized spacial score (nSPS) is 10.8. The Balaban J connectivity index is 0. The highest BCUT2D eigenvalue weighted by atomic mass is 33.1. The van der Waals surface area contributed by atoms with Crippen molar-refractivity contribution in [3.63, 3.8) is 0 Å². The first-order chi connectivity index (χ1) is 8.54. The van der Waals surface area contributed by atoms with E-state index in [1.165, 1.54) is 18.6 Å². The van der Waals surface area contributed by atoms with E-state index >= 15 is 0 Å². The number of hydrogen-bond donors (Lipinski definition) is 0. The predicted molar refractivity (Wildman–Crippen MR) is 90.8 cm³/mol. The highest BCUT2D eigenvalue weighted by Crippen LogP contribution is 2.23. The van der Waals surface area contributed by atoms with E-state index in [1.54, 1.807) is 10.8 Å². The van der Waals surface area contributed by atoms with Crippen LogP contribution in [0.2, 0.25) is 0 Å². The van der Waals surface area contributed by atoms with Crippen molar-refractivity contribution in [3.8, 4) is 0 Å². The van der Waals surface area contributed by atoms with E-state index < -0.39 is 0 Å². The molecule has 0 N–H and O–H groups in total. The summed E-state index contributed by atoms with van der Waals surface area (Å²) in [7, 11) is 3.67. The van der Waals surface area contributed by atoms with Crippen molar-refractivity contribution < 1.29 is 9.53 Å². The molecule has 116 valence electrons. The summed E-state index contributed by atoms with van der Waals surface area (Å²) in [6.07, 6.45) is 4.11. The zero-order chi connectivity index (χ0) is 13.8. The lowest BCUT2D eigenvalue weighted by atomic mass is 10.1. The molecular formula is C15H32O2S2. The summed E-state index contributed by atoms with van der Waals surface area (Å²) in [5, 5.41) is 0. The van der Waals surface area contributed by atoms with Crippen LogP contribution in [0.4, 0.5) is 0 Å². The molecule has 0 radical (unpaired) electrons. The van der Waals surface area contributed by atoms with Gasteiger partial charge in [0.2, 0.25) is 0 Å². The van der Waals surface area contributed by atoms with Crippen LogP contribution in [0.5, 0.6) is 0 Å². The number of Topliss-reactive ketones (excluding diaryl/α,β-unsaturated/α-hetero) is 1. The molecule has 0 aromatic rings. The summed E-state index contributed by atoms with van der Waals surface area (Å²) in [5.74, 6) is 3.26. The standard InChI is InChI=1S/C14H28O2S2.CH4/c1-12(2)7-6-10-17-18-11-16-9-5-8-14(15)13(3)4;/h12-13H,5-11H2,1-4H3;1H4. The summed E-state index contributed by atoms with van der Waals surface area (Å²) in [4.78, 5) is 11.3. The van der Waals surface area contributed by atoms with E-state index in [1.807, 2.05) is 24.6 Å². The SMILES string of the molecule is C.CC(C)CCCSSCOCCCC(=O)C(C)C. The van der Waals surface area contributed by atoms with E-state index in [4.69, 9.17) is 4.74 Å². The molecule has 0 fully saturated rings. The number of ketones is 1. The second kappa shape index (κ2) is 14.7. The molecule has 0 rings (SSSR count). The molecule has 0 aromatic carbocycles. The lowest BCUT2D eigenvalue weighted by Crippen LogP contribution is -2.07. The van der Waals surface area contributed by atoms with Crippen LogP contribution in [0, 0.1) is 11.8 Å². The molecule has 0 saturated carbocycles. The van der Waals surface area contributed by atoms with Crippen molar-refractivity contribution in [1.82, 2.24) is 0 Å². The van der Waals surface area contributed by atoms with Crippen LogP contribution in [-0.4, -0.2) is 24.1 Å². The van der Waals surface area contributed by atoms with E-state index in [0.29, 0.717) is 18.8 Å². The summed E-state index contributed by atoms with van der Waals surface area (Å²) in [5.41, 5.74) is 0. The molecule has 0 aromatic heterocycles. The fraction of sp³-hybridized carbons (Fsp3) is 0.933. The Morgan fingerprint density at radius 2 is 1.79 bits per heavy atom. The third-order valence-corrected chi connectivity index (χ3v) is 4.75. The van der Waals surface area contributed by atoms with Crippen molar-refractivity contribution in [3.05, 3.63) is 0 Å². The summed E-state index contributed by atoms with van der Waals surface area (Å²) in [6.45, 7) is 9.14. The third-order valence-electron chi connectivity index (χ3n) is 2.58. The average molecular weight is 309 g/mol. The fourth-order valence-corrected chi connectivity index (χ4v) is 3.15. The molecule has 0 heterocycles. The highest BCUT2D eigenvalue weighted by molar-refractivity contribution is 8.76. The van der Waals surface area contributed by atoms with Crippen LogP contribution in [0.15, 0.2) is 0 Å². The third kappa shape index (κ3) is 16.3. The van der Waals surface area contributed by atoms with Crippen molar-refractivity contribution in [2.75, 3.05) is 18.3 Å². The van der Waals surface area contributed by atoms with Gasteiger partial charge in [-0.2, -0.15) is 0 Å². The number of ether oxygens (including phenoxy) is 1. The molecule has 0 saturated heterocycles. The number of rotatable bonds is 12. The summed E-state index contributed by atoms with van der Waals surface area (Å²) >= 11 is 0. The maximum atomic E-state index is 11.3. The number of hydrogen-bond acceptors (Lipinski definition) is 4. The molecule has 2 nitrogen and oxygen atoms in total. The largest absolute Gasteiger partial charge is 0.370 e. The predicted octanol–water partition coefficient (Wildman–Crippen LogP) is 5.42. The Morgan fingerprint density at radius 1 is 1.11 bits per heavy atom. The summed E-state index contributed by atoms with van der Waals surface area (Å²) < 4.78 is 5.48. The van der Waals surface area contributed by atoms with Crippen molar-refractivity contribution in [2.45, 2.75) is 60.8 Å². The fourth-order valence-electron chi connectivity index (χ4n) is 1.37. The average Bonchev–Trinajstić information content (AvgIpc) is 2.30. The maximum absolute atomic E-state index is 11.3. The Morgan fingerprint density at radius 3 is 2.37 bits per heavy atom.